The average molecular weight is 246 g/mol. The zero-order valence-electron chi connectivity index (χ0n) is 6.97. The first kappa shape index (κ1) is 11.7. The summed E-state index contributed by atoms with van der Waals surface area (Å²) in [6.07, 6.45) is -2.75. The van der Waals surface area contributed by atoms with Crippen LogP contribution in [-0.2, 0) is 17.2 Å². The minimum atomic E-state index is -4.29. The molecule has 1 aromatic heterocycles. The molecule has 1 rings (SSSR count). The highest BCUT2D eigenvalue weighted by Gasteiger charge is 2.27. The number of halogens is 4. The van der Waals surface area contributed by atoms with Gasteiger partial charge in [0.1, 0.15) is 11.6 Å². The Morgan fingerprint density at radius 2 is 2.21 bits per heavy atom. The van der Waals surface area contributed by atoms with Crippen LogP contribution in [0.5, 0.6) is 0 Å². The van der Waals surface area contributed by atoms with Crippen molar-refractivity contribution in [1.29, 1.82) is 0 Å². The first-order chi connectivity index (χ1) is 6.51. The molecule has 0 atom stereocenters. The van der Waals surface area contributed by atoms with E-state index in [2.05, 4.69) is 9.72 Å². The van der Waals surface area contributed by atoms with Crippen LogP contribution in [0.25, 0.3) is 0 Å². The van der Waals surface area contributed by atoms with E-state index in [1.807, 2.05) is 0 Å². The summed E-state index contributed by atoms with van der Waals surface area (Å²) < 4.78 is 39.4. The third kappa shape index (κ3) is 4.26. The summed E-state index contributed by atoms with van der Waals surface area (Å²) in [6.45, 7) is -1.37. The van der Waals surface area contributed by atoms with Crippen molar-refractivity contribution in [3.63, 3.8) is 0 Å². The molecule has 0 amide bonds. The second-order valence-electron chi connectivity index (χ2n) is 2.46. The molecule has 0 saturated carbocycles. The first-order valence-electron chi connectivity index (χ1n) is 3.65. The SMILES string of the molecule is FC(F)(F)COCc1ncc(CCl)s1. The second-order valence-corrected chi connectivity index (χ2v) is 3.93. The van der Waals surface area contributed by atoms with Gasteiger partial charge in [-0.2, -0.15) is 13.2 Å². The molecule has 0 unspecified atom stereocenters. The minimum absolute atomic E-state index is 0.124. The van der Waals surface area contributed by atoms with Gasteiger partial charge in [0.2, 0.25) is 0 Å². The molecule has 0 saturated heterocycles. The minimum Gasteiger partial charge on any atom is -0.365 e. The fraction of sp³-hybridized carbons (Fsp3) is 0.571. The van der Waals surface area contributed by atoms with Crippen LogP contribution in [-0.4, -0.2) is 17.8 Å². The highest BCUT2D eigenvalue weighted by molar-refractivity contribution is 7.11. The molecule has 14 heavy (non-hydrogen) atoms. The molecule has 1 aromatic rings. The van der Waals surface area contributed by atoms with Gasteiger partial charge in [-0.05, 0) is 0 Å². The molecule has 0 N–H and O–H groups in total. The maximum Gasteiger partial charge on any atom is 0.411 e. The van der Waals surface area contributed by atoms with Crippen LogP contribution < -0.4 is 0 Å². The Kier molecular flexibility index (Phi) is 4.15. The lowest BCUT2D eigenvalue weighted by molar-refractivity contribution is -0.176. The summed E-state index contributed by atoms with van der Waals surface area (Å²) >= 11 is 6.74. The van der Waals surface area contributed by atoms with Crippen molar-refractivity contribution in [3.8, 4) is 0 Å². The molecule has 0 radical (unpaired) electrons. The van der Waals surface area contributed by atoms with E-state index in [9.17, 15) is 13.2 Å². The van der Waals surface area contributed by atoms with Gasteiger partial charge in [-0.3, -0.25) is 0 Å². The number of aromatic nitrogens is 1. The first-order valence-corrected chi connectivity index (χ1v) is 5.00. The molecule has 0 aliphatic rings. The molecule has 0 aromatic carbocycles. The molecule has 0 bridgehead atoms. The molecule has 0 fully saturated rings. The predicted octanol–water partition coefficient (Wildman–Crippen LogP) is 2.96. The van der Waals surface area contributed by atoms with Gasteiger partial charge in [0.25, 0.3) is 0 Å². The van der Waals surface area contributed by atoms with E-state index >= 15 is 0 Å². The summed E-state index contributed by atoms with van der Waals surface area (Å²) in [7, 11) is 0. The van der Waals surface area contributed by atoms with Crippen LogP contribution in [0.1, 0.15) is 9.88 Å². The Labute approximate surface area is 87.7 Å². The summed E-state index contributed by atoms with van der Waals surface area (Å²) in [5, 5.41) is 0.505. The van der Waals surface area contributed by atoms with Gasteiger partial charge in [0.05, 0.1) is 12.5 Å². The van der Waals surface area contributed by atoms with E-state index in [1.54, 1.807) is 0 Å². The maximum atomic E-state index is 11.7. The third-order valence-electron chi connectivity index (χ3n) is 1.22. The van der Waals surface area contributed by atoms with Crippen molar-refractivity contribution in [2.45, 2.75) is 18.7 Å². The lowest BCUT2D eigenvalue weighted by Gasteiger charge is -2.05. The summed E-state index contributed by atoms with van der Waals surface area (Å²) in [6, 6.07) is 0. The number of rotatable bonds is 4. The van der Waals surface area contributed by atoms with Crippen molar-refractivity contribution < 1.29 is 17.9 Å². The normalized spacial score (nSPS) is 12.0. The number of hydrogen-bond acceptors (Lipinski definition) is 3. The number of thiazole rings is 1. The monoisotopic (exact) mass is 245 g/mol. The molecule has 1 heterocycles. The zero-order valence-corrected chi connectivity index (χ0v) is 8.55. The highest BCUT2D eigenvalue weighted by atomic mass is 35.5. The summed E-state index contributed by atoms with van der Waals surface area (Å²) in [4.78, 5) is 4.67. The van der Waals surface area contributed by atoms with Gasteiger partial charge in [0, 0.05) is 11.1 Å². The largest absolute Gasteiger partial charge is 0.411 e. The average Bonchev–Trinajstić information content (AvgIpc) is 2.50. The van der Waals surface area contributed by atoms with E-state index in [4.69, 9.17) is 11.6 Å². The van der Waals surface area contributed by atoms with Crippen LogP contribution in [0.3, 0.4) is 0 Å². The third-order valence-corrected chi connectivity index (χ3v) is 2.64. The number of nitrogens with zero attached hydrogens (tertiary/aromatic N) is 1. The molecule has 2 nitrogen and oxygen atoms in total. The lowest BCUT2D eigenvalue weighted by Crippen LogP contribution is -2.16. The van der Waals surface area contributed by atoms with Crippen molar-refractivity contribution >= 4 is 22.9 Å². The van der Waals surface area contributed by atoms with E-state index in [0.717, 1.165) is 4.88 Å². The van der Waals surface area contributed by atoms with Gasteiger partial charge >= 0.3 is 6.18 Å². The van der Waals surface area contributed by atoms with Crippen LogP contribution in [0.4, 0.5) is 13.2 Å². The Morgan fingerprint density at radius 1 is 1.50 bits per heavy atom. The van der Waals surface area contributed by atoms with E-state index in [-0.39, 0.29) is 6.61 Å². The number of ether oxygens (including phenoxy) is 1. The standard InChI is InChI=1S/C7H7ClF3NOS/c8-1-5-2-12-6(14-5)3-13-4-7(9,10)11/h2H,1,3-4H2. The Bertz CT molecular complexity index is 289. The number of hydrogen-bond donors (Lipinski definition) is 0. The number of alkyl halides is 4. The van der Waals surface area contributed by atoms with Crippen molar-refractivity contribution in [3.05, 3.63) is 16.1 Å². The van der Waals surface area contributed by atoms with Crippen molar-refractivity contribution in [2.75, 3.05) is 6.61 Å². The van der Waals surface area contributed by atoms with Gasteiger partial charge in [-0.1, -0.05) is 0 Å². The molecule has 80 valence electrons. The molecule has 7 heteroatoms. The van der Waals surface area contributed by atoms with Crippen molar-refractivity contribution in [1.82, 2.24) is 4.98 Å². The van der Waals surface area contributed by atoms with E-state index < -0.39 is 12.8 Å². The van der Waals surface area contributed by atoms with Crippen LogP contribution in [0.15, 0.2) is 6.20 Å². The fourth-order valence-corrected chi connectivity index (χ4v) is 1.67. The zero-order chi connectivity index (χ0) is 10.6. The quantitative estimate of drug-likeness (QED) is 0.761. The highest BCUT2D eigenvalue weighted by Crippen LogP contribution is 2.18. The van der Waals surface area contributed by atoms with Gasteiger partial charge in [0.15, 0.2) is 0 Å². The summed E-state index contributed by atoms with van der Waals surface area (Å²) in [5.74, 6) is 0.316. The molecule has 0 aliphatic carbocycles. The van der Waals surface area contributed by atoms with Gasteiger partial charge < -0.3 is 4.74 Å². The lowest BCUT2D eigenvalue weighted by atomic mass is 10.6. The predicted molar refractivity (Wildman–Crippen MR) is 47.4 cm³/mol. The molecular formula is C7H7ClF3NOS. The van der Waals surface area contributed by atoms with E-state index in [1.165, 1.54) is 17.5 Å². The van der Waals surface area contributed by atoms with Crippen LogP contribution in [0.2, 0.25) is 0 Å². The Balaban J connectivity index is 2.31. The van der Waals surface area contributed by atoms with Gasteiger partial charge in [-0.25, -0.2) is 4.98 Å². The van der Waals surface area contributed by atoms with E-state index in [0.29, 0.717) is 10.9 Å². The fourth-order valence-electron chi connectivity index (χ4n) is 0.731. The Morgan fingerprint density at radius 3 is 2.71 bits per heavy atom. The molecule has 0 aliphatic heterocycles. The smallest absolute Gasteiger partial charge is 0.365 e. The van der Waals surface area contributed by atoms with Crippen LogP contribution >= 0.6 is 22.9 Å². The summed E-state index contributed by atoms with van der Waals surface area (Å²) in [5.41, 5.74) is 0. The van der Waals surface area contributed by atoms with Gasteiger partial charge in [-0.15, -0.1) is 22.9 Å². The maximum absolute atomic E-state index is 11.7. The topological polar surface area (TPSA) is 22.1 Å². The molecular weight excluding hydrogens is 239 g/mol. The van der Waals surface area contributed by atoms with Crippen molar-refractivity contribution in [2.24, 2.45) is 0 Å². The van der Waals surface area contributed by atoms with Crippen LogP contribution in [0, 0.1) is 0 Å². The molecule has 0 spiro atoms. The Hall–Kier alpha value is -0.330. The second kappa shape index (κ2) is 4.95.